The van der Waals surface area contributed by atoms with Crippen molar-refractivity contribution in [3.8, 4) is 5.75 Å². The molecule has 3 heteroatoms. The summed E-state index contributed by atoms with van der Waals surface area (Å²) in [4.78, 5) is 2.18. The average molecular weight is 275 g/mol. The van der Waals surface area contributed by atoms with Crippen molar-refractivity contribution in [2.45, 2.75) is 31.3 Å². The number of benzene rings is 1. The lowest BCUT2D eigenvalue weighted by atomic mass is 9.66. The van der Waals surface area contributed by atoms with Gasteiger partial charge in [-0.2, -0.15) is 0 Å². The van der Waals surface area contributed by atoms with Gasteiger partial charge in [-0.3, -0.25) is 0 Å². The molecule has 2 fully saturated rings. The molecule has 3 rings (SSSR count). The van der Waals surface area contributed by atoms with Crippen LogP contribution in [0.2, 0.25) is 0 Å². The van der Waals surface area contributed by atoms with E-state index in [1.165, 1.54) is 19.3 Å². The SMILES string of the molecule is CN(C)C[C@@H]1[C@@H]2CC[C@@H](C2)C[C@@]1(O)c1cccc(O)c1. The second-order valence-electron chi connectivity index (χ2n) is 6.99. The minimum Gasteiger partial charge on any atom is -0.508 e. The molecule has 0 heterocycles. The van der Waals surface area contributed by atoms with Gasteiger partial charge in [-0.25, -0.2) is 0 Å². The Kier molecular flexibility index (Phi) is 3.51. The fourth-order valence-corrected chi connectivity index (χ4v) is 4.45. The van der Waals surface area contributed by atoms with Crippen LogP contribution in [0.3, 0.4) is 0 Å². The first kappa shape index (κ1) is 13.9. The van der Waals surface area contributed by atoms with Gasteiger partial charge in [0.2, 0.25) is 0 Å². The molecule has 0 unspecified atom stereocenters. The molecule has 0 aromatic heterocycles. The van der Waals surface area contributed by atoms with Gasteiger partial charge in [0.15, 0.2) is 0 Å². The van der Waals surface area contributed by atoms with Gasteiger partial charge in [-0.05, 0) is 62.9 Å². The predicted molar refractivity (Wildman–Crippen MR) is 79.5 cm³/mol. The fraction of sp³-hybridized carbons (Fsp3) is 0.647. The first-order valence-corrected chi connectivity index (χ1v) is 7.65. The number of nitrogens with zero attached hydrogens (tertiary/aromatic N) is 1. The van der Waals surface area contributed by atoms with E-state index in [2.05, 4.69) is 19.0 Å². The van der Waals surface area contributed by atoms with Crippen molar-refractivity contribution in [3.05, 3.63) is 29.8 Å². The van der Waals surface area contributed by atoms with Crippen LogP contribution in [0.4, 0.5) is 0 Å². The summed E-state index contributed by atoms with van der Waals surface area (Å²) in [6.07, 6.45) is 4.59. The molecule has 1 aromatic carbocycles. The molecular formula is C17H25NO2. The van der Waals surface area contributed by atoms with Gasteiger partial charge in [0.05, 0.1) is 5.60 Å². The Balaban J connectivity index is 1.98. The van der Waals surface area contributed by atoms with Gasteiger partial charge in [-0.1, -0.05) is 18.6 Å². The number of aromatic hydroxyl groups is 1. The molecule has 1 aromatic rings. The summed E-state index contributed by atoms with van der Waals surface area (Å²) in [6.45, 7) is 0.906. The smallest absolute Gasteiger partial charge is 0.115 e. The summed E-state index contributed by atoms with van der Waals surface area (Å²) in [6, 6.07) is 7.22. The van der Waals surface area contributed by atoms with E-state index in [1.807, 2.05) is 12.1 Å². The quantitative estimate of drug-likeness (QED) is 0.891. The van der Waals surface area contributed by atoms with E-state index in [9.17, 15) is 10.2 Å². The Morgan fingerprint density at radius 3 is 2.80 bits per heavy atom. The van der Waals surface area contributed by atoms with Crippen molar-refractivity contribution >= 4 is 0 Å². The van der Waals surface area contributed by atoms with E-state index < -0.39 is 5.60 Å². The Labute approximate surface area is 121 Å². The topological polar surface area (TPSA) is 43.7 Å². The normalized spacial score (nSPS) is 36.5. The second-order valence-corrected chi connectivity index (χ2v) is 6.99. The lowest BCUT2D eigenvalue weighted by Crippen LogP contribution is -2.47. The van der Waals surface area contributed by atoms with Gasteiger partial charge in [-0.15, -0.1) is 0 Å². The maximum absolute atomic E-state index is 11.4. The first-order chi connectivity index (χ1) is 9.49. The first-order valence-electron chi connectivity index (χ1n) is 7.65. The van der Waals surface area contributed by atoms with Gasteiger partial charge >= 0.3 is 0 Å². The lowest BCUT2D eigenvalue weighted by molar-refractivity contribution is -0.0892. The number of hydrogen-bond acceptors (Lipinski definition) is 3. The predicted octanol–water partition coefficient (Wildman–Crippen LogP) is 2.58. The standard InChI is InChI=1S/C17H25NO2/c1-18(2)11-16-13-7-6-12(8-13)10-17(16,20)14-4-3-5-15(19)9-14/h3-5,9,12-13,16,19-20H,6-8,10-11H2,1-2H3/t12-,13+,16+,17+/m0/s1. The minimum atomic E-state index is -0.785. The molecule has 2 bridgehead atoms. The molecule has 2 aliphatic rings. The van der Waals surface area contributed by atoms with Gasteiger partial charge in [0.1, 0.15) is 5.75 Å². The number of phenols is 1. The highest BCUT2D eigenvalue weighted by Gasteiger charge is 2.51. The van der Waals surface area contributed by atoms with Crippen LogP contribution in [0, 0.1) is 17.8 Å². The van der Waals surface area contributed by atoms with E-state index in [4.69, 9.17) is 0 Å². The molecule has 0 aliphatic heterocycles. The molecule has 3 nitrogen and oxygen atoms in total. The van der Waals surface area contributed by atoms with E-state index in [-0.39, 0.29) is 11.7 Å². The van der Waals surface area contributed by atoms with Gasteiger partial charge in [0, 0.05) is 12.5 Å². The largest absolute Gasteiger partial charge is 0.508 e. The van der Waals surface area contributed by atoms with E-state index in [1.54, 1.807) is 12.1 Å². The summed E-state index contributed by atoms with van der Waals surface area (Å²) in [5.74, 6) is 1.77. The van der Waals surface area contributed by atoms with Crippen LogP contribution in [0.1, 0.15) is 31.2 Å². The van der Waals surface area contributed by atoms with Crippen molar-refractivity contribution in [2.24, 2.45) is 17.8 Å². The number of phenolic OH excluding ortho intramolecular Hbond substituents is 1. The number of fused-ring (bicyclic) bond motifs is 2. The van der Waals surface area contributed by atoms with Crippen LogP contribution in [-0.2, 0) is 5.60 Å². The Hall–Kier alpha value is -1.06. The van der Waals surface area contributed by atoms with E-state index in [0.29, 0.717) is 11.8 Å². The lowest BCUT2D eigenvalue weighted by Gasteiger charge is -2.45. The summed E-state index contributed by atoms with van der Waals surface area (Å²) in [5, 5.41) is 21.2. The highest BCUT2D eigenvalue weighted by Crippen LogP contribution is 2.54. The summed E-state index contributed by atoms with van der Waals surface area (Å²) >= 11 is 0. The van der Waals surface area contributed by atoms with Crippen molar-refractivity contribution < 1.29 is 10.2 Å². The number of hydrogen-bond donors (Lipinski definition) is 2. The highest BCUT2D eigenvalue weighted by atomic mass is 16.3. The van der Waals surface area contributed by atoms with Crippen LogP contribution in [0.15, 0.2) is 24.3 Å². The zero-order valence-electron chi connectivity index (χ0n) is 12.4. The molecule has 0 radical (unpaired) electrons. The molecule has 2 N–H and O–H groups in total. The van der Waals surface area contributed by atoms with Crippen LogP contribution in [0.25, 0.3) is 0 Å². The molecule has 0 spiro atoms. The zero-order valence-corrected chi connectivity index (χ0v) is 12.4. The summed E-state index contributed by atoms with van der Waals surface area (Å²) in [7, 11) is 4.15. The van der Waals surface area contributed by atoms with Crippen LogP contribution in [0.5, 0.6) is 5.75 Å². The van der Waals surface area contributed by atoms with Crippen molar-refractivity contribution in [1.29, 1.82) is 0 Å². The number of aliphatic hydroxyl groups is 1. The van der Waals surface area contributed by atoms with Crippen LogP contribution in [-0.4, -0.2) is 35.8 Å². The summed E-state index contributed by atoms with van der Waals surface area (Å²) < 4.78 is 0. The third kappa shape index (κ3) is 2.33. The average Bonchev–Trinajstić information content (AvgIpc) is 2.78. The highest BCUT2D eigenvalue weighted by molar-refractivity contribution is 5.33. The number of rotatable bonds is 3. The van der Waals surface area contributed by atoms with E-state index >= 15 is 0 Å². The van der Waals surface area contributed by atoms with Gasteiger partial charge < -0.3 is 15.1 Å². The van der Waals surface area contributed by atoms with Crippen molar-refractivity contribution in [1.82, 2.24) is 4.90 Å². The Bertz CT molecular complexity index is 488. The molecule has 4 atom stereocenters. The third-order valence-electron chi connectivity index (χ3n) is 5.27. The van der Waals surface area contributed by atoms with Gasteiger partial charge in [0.25, 0.3) is 0 Å². The Morgan fingerprint density at radius 1 is 1.30 bits per heavy atom. The van der Waals surface area contributed by atoms with Crippen molar-refractivity contribution in [3.63, 3.8) is 0 Å². The van der Waals surface area contributed by atoms with E-state index in [0.717, 1.165) is 18.5 Å². The molecule has 0 saturated heterocycles. The minimum absolute atomic E-state index is 0.248. The maximum Gasteiger partial charge on any atom is 0.115 e. The molecule has 0 amide bonds. The molecule has 20 heavy (non-hydrogen) atoms. The monoisotopic (exact) mass is 275 g/mol. The zero-order chi connectivity index (χ0) is 14.3. The maximum atomic E-state index is 11.4. The second kappa shape index (κ2) is 5.05. The third-order valence-corrected chi connectivity index (χ3v) is 5.27. The van der Waals surface area contributed by atoms with Crippen LogP contribution < -0.4 is 0 Å². The molecule has 110 valence electrons. The van der Waals surface area contributed by atoms with Crippen molar-refractivity contribution in [2.75, 3.05) is 20.6 Å². The Morgan fingerprint density at radius 2 is 2.10 bits per heavy atom. The molecular weight excluding hydrogens is 250 g/mol. The fourth-order valence-electron chi connectivity index (χ4n) is 4.45. The molecule has 2 saturated carbocycles. The molecule has 2 aliphatic carbocycles. The van der Waals surface area contributed by atoms with Crippen LogP contribution >= 0.6 is 0 Å². The summed E-state index contributed by atoms with van der Waals surface area (Å²) in [5.41, 5.74) is 0.105.